The van der Waals surface area contributed by atoms with Crippen LogP contribution in [0.5, 0.6) is 0 Å². The van der Waals surface area contributed by atoms with Crippen molar-refractivity contribution in [3.8, 4) is 22.6 Å². The minimum absolute atomic E-state index is 0.534. The Kier molecular flexibility index (Phi) is 5.45. The van der Waals surface area contributed by atoms with Gasteiger partial charge in [-0.3, -0.25) is 10.1 Å². The number of rotatable bonds is 7. The van der Waals surface area contributed by atoms with Crippen LogP contribution in [0.1, 0.15) is 32.3 Å². The van der Waals surface area contributed by atoms with Gasteiger partial charge in [0.05, 0.1) is 28.8 Å². The highest BCUT2D eigenvalue weighted by atomic mass is 15.1. The van der Waals surface area contributed by atoms with Gasteiger partial charge in [0.1, 0.15) is 16.9 Å². The van der Waals surface area contributed by atoms with Crippen LogP contribution in [0.3, 0.4) is 0 Å². The van der Waals surface area contributed by atoms with E-state index in [1.807, 2.05) is 24.5 Å². The van der Waals surface area contributed by atoms with Gasteiger partial charge in [0.2, 0.25) is 0 Å². The number of pyridine rings is 3. The van der Waals surface area contributed by atoms with Gasteiger partial charge in [0.15, 0.2) is 0 Å². The van der Waals surface area contributed by atoms with Crippen molar-refractivity contribution in [3.63, 3.8) is 0 Å². The second-order valence-electron chi connectivity index (χ2n) is 9.56. The molecule has 0 aliphatic heterocycles. The van der Waals surface area contributed by atoms with Crippen molar-refractivity contribution in [1.29, 1.82) is 0 Å². The molecule has 0 amide bonds. The second kappa shape index (κ2) is 8.92. The lowest BCUT2D eigenvalue weighted by atomic mass is 10.0. The lowest BCUT2D eigenvalue weighted by molar-refractivity contribution is 0.645. The Labute approximate surface area is 209 Å². The van der Waals surface area contributed by atoms with E-state index in [4.69, 9.17) is 4.98 Å². The van der Waals surface area contributed by atoms with Crippen LogP contribution in [0.25, 0.3) is 50.3 Å². The summed E-state index contributed by atoms with van der Waals surface area (Å²) < 4.78 is 0. The molecule has 7 nitrogen and oxygen atoms in total. The number of hydrogen-bond acceptors (Lipinski definition) is 5. The molecule has 0 unspecified atom stereocenters. The molecular formula is C29H27N7. The third-order valence-corrected chi connectivity index (χ3v) is 6.29. The van der Waals surface area contributed by atoms with Crippen LogP contribution in [-0.2, 0) is 0 Å². The average Bonchev–Trinajstić information content (AvgIpc) is 3.62. The fourth-order valence-corrected chi connectivity index (χ4v) is 4.71. The Morgan fingerprint density at radius 2 is 2.08 bits per heavy atom. The van der Waals surface area contributed by atoms with E-state index in [2.05, 4.69) is 87.3 Å². The third-order valence-electron chi connectivity index (χ3n) is 6.29. The number of aromatic nitrogens is 6. The maximum absolute atomic E-state index is 4.97. The van der Waals surface area contributed by atoms with Crippen molar-refractivity contribution in [2.45, 2.75) is 26.7 Å². The van der Waals surface area contributed by atoms with Gasteiger partial charge in [0.25, 0.3) is 0 Å². The molecule has 0 saturated heterocycles. The normalized spacial score (nSPS) is 13.1. The molecule has 0 saturated carbocycles. The van der Waals surface area contributed by atoms with Gasteiger partial charge in [-0.2, -0.15) is 5.10 Å². The molecule has 5 aromatic rings. The summed E-state index contributed by atoms with van der Waals surface area (Å²) in [5.41, 5.74) is 10.1. The maximum Gasteiger partial charge on any atom is 0.138 e. The molecule has 7 heteroatoms. The second-order valence-corrected chi connectivity index (χ2v) is 9.56. The highest BCUT2D eigenvalue weighted by Gasteiger charge is 2.16. The monoisotopic (exact) mass is 473 g/mol. The van der Waals surface area contributed by atoms with E-state index in [-0.39, 0.29) is 0 Å². The number of nitrogens with one attached hydrogen (secondary N) is 3. The standard InChI is InChI=1S/C29H27N7/c1-17(2)12-18(3)32-21-13-20(15-30-16-21)24-8-9-25-27(33-24)28(36-35-25)26-14-23-22(19-6-4-5-7-19)10-11-31-29(23)34-26/h4,6-11,13-17,32H,3,5,12H2,1-2H3,(H,31,34)(H,35,36). The van der Waals surface area contributed by atoms with Crippen molar-refractivity contribution in [2.24, 2.45) is 5.92 Å². The first-order valence-corrected chi connectivity index (χ1v) is 12.2. The number of nitrogens with zero attached hydrogens (tertiary/aromatic N) is 4. The van der Waals surface area contributed by atoms with Gasteiger partial charge in [-0.05, 0) is 60.2 Å². The quantitative estimate of drug-likeness (QED) is 0.239. The lowest BCUT2D eigenvalue weighted by Crippen LogP contribution is -2.02. The molecular weight excluding hydrogens is 446 g/mol. The van der Waals surface area contributed by atoms with Crippen LogP contribution >= 0.6 is 0 Å². The fraction of sp³-hybridized carbons (Fsp3) is 0.172. The van der Waals surface area contributed by atoms with Crippen LogP contribution in [0, 0.1) is 5.92 Å². The van der Waals surface area contributed by atoms with Crippen LogP contribution < -0.4 is 5.32 Å². The summed E-state index contributed by atoms with van der Waals surface area (Å²) in [5, 5.41) is 12.2. The van der Waals surface area contributed by atoms with Crippen LogP contribution in [-0.4, -0.2) is 30.1 Å². The Morgan fingerprint density at radius 3 is 2.92 bits per heavy atom. The topological polar surface area (TPSA) is 95.2 Å². The van der Waals surface area contributed by atoms with Crippen LogP contribution in [0.4, 0.5) is 5.69 Å². The van der Waals surface area contributed by atoms with Crippen molar-refractivity contribution >= 4 is 33.3 Å². The molecule has 1 aliphatic rings. The molecule has 0 atom stereocenters. The zero-order chi connectivity index (χ0) is 24.6. The van der Waals surface area contributed by atoms with Gasteiger partial charge < -0.3 is 10.3 Å². The summed E-state index contributed by atoms with van der Waals surface area (Å²) in [4.78, 5) is 17.4. The summed E-state index contributed by atoms with van der Waals surface area (Å²) in [6, 6.07) is 10.2. The highest BCUT2D eigenvalue weighted by molar-refractivity contribution is 5.98. The van der Waals surface area contributed by atoms with Crippen molar-refractivity contribution in [2.75, 3.05) is 5.32 Å². The maximum atomic E-state index is 4.97. The van der Waals surface area contributed by atoms with Gasteiger partial charge in [-0.25, -0.2) is 9.97 Å². The van der Waals surface area contributed by atoms with Crippen molar-refractivity contribution in [1.82, 2.24) is 30.1 Å². The average molecular weight is 474 g/mol. The molecule has 5 heterocycles. The number of hydrogen-bond donors (Lipinski definition) is 3. The van der Waals surface area contributed by atoms with Crippen LogP contribution in [0.15, 0.2) is 79.4 Å². The van der Waals surface area contributed by atoms with E-state index in [9.17, 15) is 0 Å². The van der Waals surface area contributed by atoms with E-state index in [0.29, 0.717) is 5.92 Å². The smallest absolute Gasteiger partial charge is 0.138 e. The van der Waals surface area contributed by atoms with Crippen molar-refractivity contribution < 1.29 is 0 Å². The third kappa shape index (κ3) is 4.09. The Hall–Kier alpha value is -4.52. The van der Waals surface area contributed by atoms with Gasteiger partial charge in [-0.15, -0.1) is 0 Å². The minimum Gasteiger partial charge on any atom is -0.358 e. The van der Waals surface area contributed by atoms with E-state index < -0.39 is 0 Å². The number of aromatic amines is 2. The predicted molar refractivity (Wildman–Crippen MR) is 146 cm³/mol. The zero-order valence-corrected chi connectivity index (χ0v) is 20.3. The molecule has 0 spiro atoms. The first kappa shape index (κ1) is 22.0. The highest BCUT2D eigenvalue weighted by Crippen LogP contribution is 2.33. The van der Waals surface area contributed by atoms with E-state index in [1.165, 1.54) is 11.1 Å². The largest absolute Gasteiger partial charge is 0.358 e. The first-order valence-electron chi connectivity index (χ1n) is 12.2. The van der Waals surface area contributed by atoms with Crippen LogP contribution in [0.2, 0.25) is 0 Å². The number of H-pyrrole nitrogens is 2. The summed E-state index contributed by atoms with van der Waals surface area (Å²) in [6.45, 7) is 8.49. The summed E-state index contributed by atoms with van der Waals surface area (Å²) >= 11 is 0. The fourth-order valence-electron chi connectivity index (χ4n) is 4.71. The predicted octanol–water partition coefficient (Wildman–Crippen LogP) is 6.88. The number of fused-ring (bicyclic) bond motifs is 2. The zero-order valence-electron chi connectivity index (χ0n) is 20.3. The number of allylic oxidation sites excluding steroid dienone is 5. The molecule has 0 radical (unpaired) electrons. The molecule has 178 valence electrons. The number of anilines is 1. The molecule has 1 aliphatic carbocycles. The Bertz CT molecular complexity index is 1670. The molecule has 0 fully saturated rings. The summed E-state index contributed by atoms with van der Waals surface area (Å²) in [5.74, 6) is 0.534. The van der Waals surface area contributed by atoms with Crippen molar-refractivity contribution in [3.05, 3.63) is 85.0 Å². The molecule has 0 bridgehead atoms. The Balaban J connectivity index is 1.37. The van der Waals surface area contributed by atoms with Gasteiger partial charge in [-0.1, -0.05) is 38.7 Å². The van der Waals surface area contributed by atoms with Gasteiger partial charge in [0, 0.05) is 29.0 Å². The lowest BCUT2D eigenvalue weighted by Gasteiger charge is -2.12. The molecule has 0 aromatic carbocycles. The van der Waals surface area contributed by atoms with E-state index in [1.54, 1.807) is 6.20 Å². The summed E-state index contributed by atoms with van der Waals surface area (Å²) in [7, 11) is 0. The first-order chi connectivity index (χ1) is 17.5. The molecule has 36 heavy (non-hydrogen) atoms. The summed E-state index contributed by atoms with van der Waals surface area (Å²) in [6.07, 6.45) is 13.9. The van der Waals surface area contributed by atoms with Gasteiger partial charge >= 0.3 is 0 Å². The molecule has 6 rings (SSSR count). The minimum atomic E-state index is 0.534. The Morgan fingerprint density at radius 1 is 1.17 bits per heavy atom. The molecule has 3 N–H and O–H groups in total. The van der Waals surface area contributed by atoms with E-state index >= 15 is 0 Å². The SMILES string of the molecule is C=C(CC(C)C)Nc1cncc(-c2ccc3[nH]nc(-c4cc5c(C6=CCC=C6)ccnc5[nH]4)c3n2)c1. The molecule has 5 aromatic heterocycles. The van der Waals surface area contributed by atoms with E-state index in [0.717, 1.165) is 68.9 Å².